The van der Waals surface area contributed by atoms with E-state index in [-0.39, 0.29) is 42.0 Å². The van der Waals surface area contributed by atoms with E-state index in [1.54, 1.807) is 6.92 Å². The molecule has 0 radical (unpaired) electrons. The van der Waals surface area contributed by atoms with Crippen LogP contribution in [0.1, 0.15) is 32.3 Å². The van der Waals surface area contributed by atoms with Gasteiger partial charge in [0.2, 0.25) is 0 Å². The van der Waals surface area contributed by atoms with Crippen LogP contribution in [0.4, 0.5) is 30.9 Å². The third-order valence-electron chi connectivity index (χ3n) is 4.57. The first-order valence-corrected chi connectivity index (χ1v) is 10.2. The molecule has 33 heavy (non-hydrogen) atoms. The summed E-state index contributed by atoms with van der Waals surface area (Å²) in [6.07, 6.45) is 1.31. The predicted octanol–water partition coefficient (Wildman–Crippen LogP) is 3.63. The number of carbonyl (C=O) groups is 1. The first-order chi connectivity index (χ1) is 15.8. The Hall–Kier alpha value is -3.72. The van der Waals surface area contributed by atoms with Crippen LogP contribution in [-0.4, -0.2) is 53.6 Å². The SMILES string of the molecule is CCC[C@H](Nc1nc(Nc2cnc(OCCOC)c(F)c2)c(C#N)cc1F)[C@H](C)NC(=O)O. The van der Waals surface area contributed by atoms with Gasteiger partial charge >= 0.3 is 6.09 Å². The largest absolute Gasteiger partial charge is 0.473 e. The average Bonchev–Trinajstić information content (AvgIpc) is 2.76. The number of ether oxygens (including phenoxy) is 2. The van der Waals surface area contributed by atoms with Crippen molar-refractivity contribution in [1.82, 2.24) is 15.3 Å². The van der Waals surface area contributed by atoms with Crippen molar-refractivity contribution in [2.75, 3.05) is 31.0 Å². The fraction of sp³-hybridized carbons (Fsp3) is 0.429. The van der Waals surface area contributed by atoms with Crippen LogP contribution in [0.5, 0.6) is 5.88 Å². The summed E-state index contributed by atoms with van der Waals surface area (Å²) in [6.45, 7) is 3.94. The molecule has 0 saturated heterocycles. The number of nitriles is 1. The van der Waals surface area contributed by atoms with Gasteiger partial charge < -0.3 is 30.5 Å². The van der Waals surface area contributed by atoms with Crippen LogP contribution in [0.3, 0.4) is 0 Å². The number of nitrogens with one attached hydrogen (secondary N) is 3. The molecule has 2 heterocycles. The zero-order chi connectivity index (χ0) is 24.4. The summed E-state index contributed by atoms with van der Waals surface area (Å²) in [6, 6.07) is 2.92. The lowest BCUT2D eigenvalue weighted by Gasteiger charge is -2.25. The molecule has 0 aliphatic heterocycles. The monoisotopic (exact) mass is 464 g/mol. The van der Waals surface area contributed by atoms with Crippen molar-refractivity contribution in [3.8, 4) is 11.9 Å². The van der Waals surface area contributed by atoms with Crippen molar-refractivity contribution in [2.24, 2.45) is 0 Å². The summed E-state index contributed by atoms with van der Waals surface area (Å²) in [7, 11) is 1.49. The number of anilines is 3. The van der Waals surface area contributed by atoms with Gasteiger partial charge in [-0.05, 0) is 19.4 Å². The van der Waals surface area contributed by atoms with Gasteiger partial charge in [-0.1, -0.05) is 13.3 Å². The van der Waals surface area contributed by atoms with E-state index in [2.05, 4.69) is 25.9 Å². The molecule has 0 aliphatic carbocycles. The standard InChI is InChI=1S/C21H26F2N6O4/c1-4-5-17(12(2)26-21(30)31)28-19-15(22)8-13(10-24)18(29-19)27-14-9-16(23)20(25-11-14)33-7-6-32-3/h8-9,11-12,17,26H,4-7H2,1-3H3,(H,30,31)(H2,27,28,29)/t12-,17-/m0/s1. The first kappa shape index (κ1) is 25.5. The van der Waals surface area contributed by atoms with Gasteiger partial charge in [0.05, 0.1) is 24.1 Å². The molecule has 2 rings (SSSR count). The Morgan fingerprint density at radius 1 is 1.27 bits per heavy atom. The third-order valence-corrected chi connectivity index (χ3v) is 4.57. The molecule has 0 aromatic carbocycles. The normalized spacial score (nSPS) is 12.4. The molecule has 0 aliphatic rings. The molecule has 10 nitrogen and oxygen atoms in total. The number of carboxylic acid groups (broad SMARTS) is 1. The summed E-state index contributed by atoms with van der Waals surface area (Å²) in [5.74, 6) is -1.94. The van der Waals surface area contributed by atoms with Gasteiger partial charge in [-0.15, -0.1) is 0 Å². The molecule has 178 valence electrons. The fourth-order valence-electron chi connectivity index (χ4n) is 2.96. The van der Waals surface area contributed by atoms with Gasteiger partial charge in [0, 0.05) is 25.3 Å². The number of rotatable bonds is 12. The van der Waals surface area contributed by atoms with E-state index in [1.807, 2.05) is 13.0 Å². The third kappa shape index (κ3) is 7.43. The summed E-state index contributed by atoms with van der Waals surface area (Å²) in [5.41, 5.74) is 0.0572. The lowest BCUT2D eigenvalue weighted by molar-refractivity contribution is 0.141. The Balaban J connectivity index is 2.27. The van der Waals surface area contributed by atoms with Crippen LogP contribution in [0, 0.1) is 23.0 Å². The summed E-state index contributed by atoms with van der Waals surface area (Å²) in [4.78, 5) is 19.0. The van der Waals surface area contributed by atoms with Crippen LogP contribution in [0.15, 0.2) is 18.3 Å². The second-order valence-electron chi connectivity index (χ2n) is 7.08. The lowest BCUT2D eigenvalue weighted by atomic mass is 10.0. The second kappa shape index (κ2) is 12.4. The highest BCUT2D eigenvalue weighted by molar-refractivity contribution is 5.66. The summed E-state index contributed by atoms with van der Waals surface area (Å²) >= 11 is 0. The van der Waals surface area contributed by atoms with Crippen molar-refractivity contribution in [2.45, 2.75) is 38.8 Å². The predicted molar refractivity (Wildman–Crippen MR) is 117 cm³/mol. The Labute approximate surface area is 189 Å². The molecule has 0 spiro atoms. The van der Waals surface area contributed by atoms with Crippen molar-refractivity contribution < 1.29 is 28.2 Å². The van der Waals surface area contributed by atoms with Crippen molar-refractivity contribution >= 4 is 23.4 Å². The highest BCUT2D eigenvalue weighted by Crippen LogP contribution is 2.26. The number of halogens is 2. The minimum atomic E-state index is -1.20. The van der Waals surface area contributed by atoms with Crippen LogP contribution >= 0.6 is 0 Å². The molecule has 4 N–H and O–H groups in total. The molecule has 2 atom stereocenters. The van der Waals surface area contributed by atoms with Crippen LogP contribution in [-0.2, 0) is 4.74 Å². The molecule has 1 amide bonds. The topological polar surface area (TPSA) is 141 Å². The number of hydrogen-bond donors (Lipinski definition) is 4. The Morgan fingerprint density at radius 2 is 2.03 bits per heavy atom. The Kier molecular flexibility index (Phi) is 9.56. The molecule has 0 fully saturated rings. The van der Waals surface area contributed by atoms with E-state index in [0.29, 0.717) is 12.8 Å². The van der Waals surface area contributed by atoms with Gasteiger partial charge in [-0.25, -0.2) is 23.5 Å². The Morgan fingerprint density at radius 3 is 2.64 bits per heavy atom. The minimum absolute atomic E-state index is 0.0234. The van der Waals surface area contributed by atoms with Crippen LogP contribution in [0.2, 0.25) is 0 Å². The minimum Gasteiger partial charge on any atom is -0.473 e. The Bertz CT molecular complexity index is 1000. The van der Waals surface area contributed by atoms with Crippen LogP contribution < -0.4 is 20.7 Å². The number of nitrogens with zero attached hydrogens (tertiary/aromatic N) is 3. The molecule has 2 aromatic rings. The highest BCUT2D eigenvalue weighted by Gasteiger charge is 2.21. The zero-order valence-corrected chi connectivity index (χ0v) is 18.5. The molecular weight excluding hydrogens is 438 g/mol. The summed E-state index contributed by atoms with van der Waals surface area (Å²) < 4.78 is 38.9. The van der Waals surface area contributed by atoms with Crippen LogP contribution in [0.25, 0.3) is 0 Å². The fourth-order valence-corrected chi connectivity index (χ4v) is 2.96. The first-order valence-electron chi connectivity index (χ1n) is 10.2. The lowest BCUT2D eigenvalue weighted by Crippen LogP contribution is -2.44. The molecule has 12 heteroatoms. The molecule has 0 unspecified atom stereocenters. The van der Waals surface area contributed by atoms with Gasteiger partial charge in [0.1, 0.15) is 12.7 Å². The number of pyridine rings is 2. The van der Waals surface area contributed by atoms with E-state index in [1.165, 1.54) is 13.3 Å². The zero-order valence-electron chi connectivity index (χ0n) is 18.5. The maximum Gasteiger partial charge on any atom is 0.404 e. The van der Waals surface area contributed by atoms with Gasteiger partial charge in [0.25, 0.3) is 5.88 Å². The van der Waals surface area contributed by atoms with E-state index >= 15 is 0 Å². The maximum absolute atomic E-state index is 14.6. The quantitative estimate of drug-likeness (QED) is 0.346. The van der Waals surface area contributed by atoms with Gasteiger partial charge in [-0.2, -0.15) is 5.26 Å². The highest BCUT2D eigenvalue weighted by atomic mass is 19.1. The van der Waals surface area contributed by atoms with E-state index < -0.39 is 29.8 Å². The second-order valence-corrected chi connectivity index (χ2v) is 7.08. The number of aromatic nitrogens is 2. The van der Waals surface area contributed by atoms with E-state index in [4.69, 9.17) is 14.6 Å². The number of amides is 1. The van der Waals surface area contributed by atoms with Crippen molar-refractivity contribution in [1.29, 1.82) is 5.26 Å². The average molecular weight is 464 g/mol. The van der Waals surface area contributed by atoms with E-state index in [0.717, 1.165) is 12.1 Å². The smallest absolute Gasteiger partial charge is 0.404 e. The van der Waals surface area contributed by atoms with Gasteiger partial charge in [0.15, 0.2) is 23.3 Å². The molecular formula is C21H26F2N6O4. The molecule has 0 bridgehead atoms. The molecule has 2 aromatic heterocycles. The maximum atomic E-state index is 14.6. The molecule has 0 saturated carbocycles. The van der Waals surface area contributed by atoms with Crippen molar-refractivity contribution in [3.63, 3.8) is 0 Å². The van der Waals surface area contributed by atoms with Gasteiger partial charge in [-0.3, -0.25) is 0 Å². The van der Waals surface area contributed by atoms with Crippen molar-refractivity contribution in [3.05, 3.63) is 35.5 Å². The number of hydrogen-bond acceptors (Lipinski definition) is 8. The number of methoxy groups -OCH3 is 1. The van der Waals surface area contributed by atoms with E-state index in [9.17, 15) is 18.8 Å². The summed E-state index contributed by atoms with van der Waals surface area (Å²) in [5, 5.41) is 26.3.